The first-order chi connectivity index (χ1) is 18.0. The number of nitrogens with one attached hydrogen (secondary N) is 2. The van der Waals surface area contributed by atoms with Crippen molar-refractivity contribution in [3.8, 4) is 5.75 Å². The van der Waals surface area contributed by atoms with Gasteiger partial charge >= 0.3 is 0 Å². The third kappa shape index (κ3) is 6.17. The predicted octanol–water partition coefficient (Wildman–Crippen LogP) is 2.88. The molecule has 5 rings (SSSR count). The Bertz CT molecular complexity index is 953. The zero-order chi connectivity index (χ0) is 26.3. The molecule has 3 aliphatic carbocycles. The van der Waals surface area contributed by atoms with Crippen molar-refractivity contribution in [3.63, 3.8) is 0 Å². The van der Waals surface area contributed by atoms with Gasteiger partial charge < -0.3 is 25.4 Å². The van der Waals surface area contributed by atoms with E-state index in [9.17, 15) is 9.59 Å². The SMILES string of the molecule is COc1ccc(CCNC(=O)[C@H]2[C@H](C(=O)NCCCCN3CCCC3)[C@H]3C=C[C@@H]2C32CC2)cc1.O=CO. The lowest BCUT2D eigenvalue weighted by atomic mass is 9.81. The van der Waals surface area contributed by atoms with Gasteiger partial charge in [-0.15, -0.1) is 0 Å². The van der Waals surface area contributed by atoms with Crippen LogP contribution < -0.4 is 15.4 Å². The maximum Gasteiger partial charge on any atom is 0.290 e. The molecule has 0 unspecified atom stereocenters. The number of unbranched alkanes of at least 4 members (excludes halogenated alkanes) is 1. The van der Waals surface area contributed by atoms with Crippen molar-refractivity contribution in [2.45, 2.75) is 44.9 Å². The van der Waals surface area contributed by atoms with Crippen LogP contribution in [-0.2, 0) is 20.8 Å². The summed E-state index contributed by atoms with van der Waals surface area (Å²) in [6.45, 7) is 4.63. The van der Waals surface area contributed by atoms with Gasteiger partial charge in [-0.1, -0.05) is 24.3 Å². The Labute approximate surface area is 219 Å². The van der Waals surface area contributed by atoms with Gasteiger partial charge in [0, 0.05) is 13.1 Å². The summed E-state index contributed by atoms with van der Waals surface area (Å²) >= 11 is 0. The summed E-state index contributed by atoms with van der Waals surface area (Å²) in [5, 5.41) is 13.2. The van der Waals surface area contributed by atoms with Crippen molar-refractivity contribution in [2.24, 2.45) is 29.1 Å². The topological polar surface area (TPSA) is 108 Å². The number of methoxy groups -OCH3 is 1. The molecule has 4 aliphatic rings. The lowest BCUT2D eigenvalue weighted by Gasteiger charge is -2.26. The van der Waals surface area contributed by atoms with Gasteiger partial charge in [0.25, 0.3) is 6.47 Å². The highest BCUT2D eigenvalue weighted by molar-refractivity contribution is 5.90. The highest BCUT2D eigenvalue weighted by Crippen LogP contribution is 2.72. The van der Waals surface area contributed by atoms with Gasteiger partial charge in [0.1, 0.15) is 5.75 Å². The van der Waals surface area contributed by atoms with E-state index in [0.29, 0.717) is 13.1 Å². The Morgan fingerprint density at radius 3 is 2.11 bits per heavy atom. The van der Waals surface area contributed by atoms with E-state index in [2.05, 4.69) is 27.7 Å². The number of carbonyl (C=O) groups is 3. The smallest absolute Gasteiger partial charge is 0.290 e. The fourth-order valence-corrected chi connectivity index (χ4v) is 6.75. The van der Waals surface area contributed by atoms with E-state index in [1.807, 2.05) is 24.3 Å². The number of hydrogen-bond donors (Lipinski definition) is 3. The predicted molar refractivity (Wildman–Crippen MR) is 141 cm³/mol. The summed E-state index contributed by atoms with van der Waals surface area (Å²) in [5.74, 6) is 0.936. The second-order valence-electron chi connectivity index (χ2n) is 10.8. The number of amides is 2. The van der Waals surface area contributed by atoms with Gasteiger partial charge in [0.15, 0.2) is 0 Å². The molecular formula is C29H41N3O5. The molecule has 8 nitrogen and oxygen atoms in total. The van der Waals surface area contributed by atoms with Crippen molar-refractivity contribution in [2.75, 3.05) is 39.8 Å². The zero-order valence-corrected chi connectivity index (χ0v) is 21.9. The maximum absolute atomic E-state index is 13.3. The van der Waals surface area contributed by atoms with Gasteiger partial charge in [-0.2, -0.15) is 0 Å². The van der Waals surface area contributed by atoms with Crippen LogP contribution in [0.15, 0.2) is 36.4 Å². The van der Waals surface area contributed by atoms with Crippen LogP contribution in [0.4, 0.5) is 0 Å². The van der Waals surface area contributed by atoms with E-state index >= 15 is 0 Å². The molecule has 3 fully saturated rings. The van der Waals surface area contributed by atoms with E-state index < -0.39 is 0 Å². The first kappa shape index (κ1) is 27.2. The summed E-state index contributed by atoms with van der Waals surface area (Å²) in [7, 11) is 1.66. The van der Waals surface area contributed by atoms with Gasteiger partial charge in [0.05, 0.1) is 18.9 Å². The summed E-state index contributed by atoms with van der Waals surface area (Å²) in [6, 6.07) is 7.95. The van der Waals surface area contributed by atoms with Crippen molar-refractivity contribution < 1.29 is 24.2 Å². The Kier molecular flexibility index (Phi) is 9.24. The summed E-state index contributed by atoms with van der Waals surface area (Å²) in [5.41, 5.74) is 1.34. The second kappa shape index (κ2) is 12.6. The minimum absolute atomic E-state index is 0.0471. The van der Waals surface area contributed by atoms with E-state index in [-0.39, 0.29) is 47.4 Å². The first-order valence-corrected chi connectivity index (χ1v) is 13.7. The Morgan fingerprint density at radius 2 is 1.57 bits per heavy atom. The fourth-order valence-electron chi connectivity index (χ4n) is 6.75. The number of ether oxygens (including phenoxy) is 1. The summed E-state index contributed by atoms with van der Waals surface area (Å²) in [6.07, 6.45) is 12.3. The lowest BCUT2D eigenvalue weighted by Crippen LogP contribution is -2.44. The Hall–Kier alpha value is -2.87. The number of carboxylic acid groups (broad SMARTS) is 1. The lowest BCUT2D eigenvalue weighted by molar-refractivity contribution is -0.135. The molecule has 1 spiro atoms. The van der Waals surface area contributed by atoms with Crippen molar-refractivity contribution in [3.05, 3.63) is 42.0 Å². The number of nitrogens with zero attached hydrogens (tertiary/aromatic N) is 1. The molecule has 1 saturated heterocycles. The molecule has 1 heterocycles. The monoisotopic (exact) mass is 511 g/mol. The van der Waals surface area contributed by atoms with Crippen molar-refractivity contribution >= 4 is 18.3 Å². The zero-order valence-electron chi connectivity index (χ0n) is 21.9. The van der Waals surface area contributed by atoms with Crippen LogP contribution in [0, 0.1) is 29.1 Å². The third-order valence-corrected chi connectivity index (χ3v) is 8.72. The average molecular weight is 512 g/mol. The largest absolute Gasteiger partial charge is 0.497 e. The quantitative estimate of drug-likeness (QED) is 0.240. The first-order valence-electron chi connectivity index (χ1n) is 13.7. The number of likely N-dealkylation sites (tertiary alicyclic amines) is 1. The molecule has 0 radical (unpaired) electrons. The molecule has 4 atom stereocenters. The average Bonchev–Trinajstić information content (AvgIpc) is 3.26. The standard InChI is InChI=1S/C28H39N3O3.CH2O2/c1-34-21-8-6-20(7-9-21)12-16-30-27(33)25-23-11-10-22(28(23)13-14-28)24(25)26(32)29-15-2-3-17-31-18-4-5-19-31;2-1-3/h6-11,22-25H,2-5,12-19H2,1H3,(H,29,32)(H,30,33);1H,(H,2,3)/t22-,23+,24-,25-;/m1./s1. The third-order valence-electron chi connectivity index (χ3n) is 8.72. The van der Waals surface area contributed by atoms with Crippen LogP contribution in [0.25, 0.3) is 0 Å². The van der Waals surface area contributed by atoms with Crippen molar-refractivity contribution in [1.29, 1.82) is 0 Å². The molecule has 2 bridgehead atoms. The van der Waals surface area contributed by atoms with Gasteiger partial charge in [0.2, 0.25) is 11.8 Å². The van der Waals surface area contributed by atoms with Crippen LogP contribution >= 0.6 is 0 Å². The van der Waals surface area contributed by atoms with Crippen LogP contribution in [0.1, 0.15) is 44.1 Å². The maximum atomic E-state index is 13.3. The molecule has 0 aromatic heterocycles. The fraction of sp³-hybridized carbons (Fsp3) is 0.621. The molecule has 8 heteroatoms. The molecule has 1 aliphatic heterocycles. The number of allylic oxidation sites excluding steroid dienone is 2. The minimum atomic E-state index is -0.250. The van der Waals surface area contributed by atoms with Crippen LogP contribution in [0.5, 0.6) is 5.75 Å². The van der Waals surface area contributed by atoms with E-state index in [1.165, 1.54) is 25.9 Å². The van der Waals surface area contributed by atoms with Gasteiger partial charge in [-0.05, 0) is 99.5 Å². The van der Waals surface area contributed by atoms with Gasteiger partial charge in [-0.3, -0.25) is 14.4 Å². The molecule has 2 amide bonds. The molecule has 3 N–H and O–H groups in total. The highest BCUT2D eigenvalue weighted by Gasteiger charge is 2.69. The van der Waals surface area contributed by atoms with E-state index in [4.69, 9.17) is 14.6 Å². The Balaban J connectivity index is 0.00000102. The molecular weight excluding hydrogens is 470 g/mol. The number of benzene rings is 1. The second-order valence-corrected chi connectivity index (χ2v) is 10.8. The number of carbonyl (C=O) groups excluding carboxylic acids is 2. The van der Waals surface area contributed by atoms with E-state index in [1.54, 1.807) is 7.11 Å². The molecule has 202 valence electrons. The van der Waals surface area contributed by atoms with E-state index in [0.717, 1.165) is 50.0 Å². The molecule has 2 saturated carbocycles. The van der Waals surface area contributed by atoms with Crippen LogP contribution in [-0.4, -0.2) is 68.1 Å². The number of rotatable bonds is 11. The summed E-state index contributed by atoms with van der Waals surface area (Å²) in [4.78, 5) is 37.5. The summed E-state index contributed by atoms with van der Waals surface area (Å²) < 4.78 is 5.22. The Morgan fingerprint density at radius 1 is 1.00 bits per heavy atom. The molecule has 1 aromatic rings. The minimum Gasteiger partial charge on any atom is -0.497 e. The molecule has 37 heavy (non-hydrogen) atoms. The van der Waals surface area contributed by atoms with Crippen LogP contribution in [0.2, 0.25) is 0 Å². The molecule has 1 aromatic carbocycles. The number of hydrogen-bond acceptors (Lipinski definition) is 5. The van der Waals surface area contributed by atoms with Crippen molar-refractivity contribution in [1.82, 2.24) is 15.5 Å². The normalized spacial score (nSPS) is 26.4. The highest BCUT2D eigenvalue weighted by atomic mass is 16.5. The van der Waals surface area contributed by atoms with Crippen LogP contribution in [0.3, 0.4) is 0 Å². The van der Waals surface area contributed by atoms with Gasteiger partial charge in [-0.25, -0.2) is 0 Å².